The van der Waals surface area contributed by atoms with Crippen molar-refractivity contribution >= 4 is 48.9 Å². The normalized spacial score (nSPS) is 13.0. The fraction of sp³-hybridized carbons (Fsp3) is 0.250. The first-order chi connectivity index (χ1) is 14.3. The van der Waals surface area contributed by atoms with Crippen LogP contribution >= 0.6 is 0 Å². The van der Waals surface area contributed by atoms with Gasteiger partial charge in [-0.25, -0.2) is 0 Å². The van der Waals surface area contributed by atoms with Gasteiger partial charge in [0.1, 0.15) is 0 Å². The smallest absolute Gasteiger partial charge is 0.0823 e. The van der Waals surface area contributed by atoms with Gasteiger partial charge in [-0.3, -0.25) is 4.98 Å². The Kier molecular flexibility index (Phi) is 3.38. The van der Waals surface area contributed by atoms with E-state index in [0.717, 1.165) is 11.9 Å². The second kappa shape index (κ2) is 5.72. The second-order valence-corrected chi connectivity index (χ2v) is 9.98. The molecule has 0 saturated carbocycles. The molecule has 0 saturated heterocycles. The monoisotopic (exact) mass is 390 g/mol. The number of aromatic nitrogens is 2. The SMILES string of the molecule is Cc1c2ccccc2cc2c3nccc4ccc5c(CC(C)(C)C)c(C)n(c12)c5c43. The lowest BCUT2D eigenvalue weighted by molar-refractivity contribution is 0.411. The second-order valence-electron chi connectivity index (χ2n) is 9.98. The van der Waals surface area contributed by atoms with Crippen LogP contribution in [0.3, 0.4) is 0 Å². The molecule has 30 heavy (non-hydrogen) atoms. The minimum Gasteiger partial charge on any atom is -0.312 e. The molecule has 0 aliphatic rings. The third-order valence-electron chi connectivity index (χ3n) is 6.69. The molecule has 0 atom stereocenters. The van der Waals surface area contributed by atoms with Gasteiger partial charge in [0.05, 0.1) is 16.6 Å². The Balaban J connectivity index is 1.97. The number of pyridine rings is 2. The molecule has 6 rings (SSSR count). The summed E-state index contributed by atoms with van der Waals surface area (Å²) in [6, 6.07) is 17.8. The maximum absolute atomic E-state index is 4.91. The van der Waals surface area contributed by atoms with Crippen LogP contribution in [0.5, 0.6) is 0 Å². The van der Waals surface area contributed by atoms with Gasteiger partial charge in [0.15, 0.2) is 0 Å². The van der Waals surface area contributed by atoms with Gasteiger partial charge in [-0.15, -0.1) is 0 Å². The van der Waals surface area contributed by atoms with Crippen LogP contribution in [0, 0.1) is 19.3 Å². The van der Waals surface area contributed by atoms with Crippen molar-refractivity contribution in [2.75, 3.05) is 0 Å². The zero-order valence-electron chi connectivity index (χ0n) is 18.3. The van der Waals surface area contributed by atoms with Crippen molar-refractivity contribution in [2.45, 2.75) is 41.0 Å². The zero-order chi connectivity index (χ0) is 20.8. The largest absolute Gasteiger partial charge is 0.312 e. The minimum absolute atomic E-state index is 0.228. The first-order valence-corrected chi connectivity index (χ1v) is 10.8. The van der Waals surface area contributed by atoms with Crippen molar-refractivity contribution in [3.63, 3.8) is 0 Å². The molecular weight excluding hydrogens is 364 g/mol. The van der Waals surface area contributed by atoms with Crippen LogP contribution in [-0.2, 0) is 6.42 Å². The molecule has 0 bridgehead atoms. The number of benzene rings is 3. The average molecular weight is 391 g/mol. The number of hydrogen-bond donors (Lipinski definition) is 0. The van der Waals surface area contributed by atoms with Crippen LogP contribution in [0.4, 0.5) is 0 Å². The average Bonchev–Trinajstić information content (AvgIpc) is 2.98. The maximum atomic E-state index is 4.91. The van der Waals surface area contributed by atoms with Crippen molar-refractivity contribution in [1.29, 1.82) is 0 Å². The lowest BCUT2D eigenvalue weighted by atomic mass is 9.87. The fourth-order valence-corrected chi connectivity index (χ4v) is 5.45. The summed E-state index contributed by atoms with van der Waals surface area (Å²) in [7, 11) is 0. The van der Waals surface area contributed by atoms with Gasteiger partial charge in [-0.05, 0) is 65.1 Å². The summed E-state index contributed by atoms with van der Waals surface area (Å²) in [5.74, 6) is 0. The van der Waals surface area contributed by atoms with Gasteiger partial charge < -0.3 is 4.40 Å². The third kappa shape index (κ3) is 2.22. The summed E-state index contributed by atoms with van der Waals surface area (Å²) in [6.45, 7) is 11.6. The molecule has 0 unspecified atom stereocenters. The summed E-state index contributed by atoms with van der Waals surface area (Å²) in [6.07, 6.45) is 3.02. The summed E-state index contributed by atoms with van der Waals surface area (Å²) < 4.78 is 2.53. The van der Waals surface area contributed by atoms with E-state index in [-0.39, 0.29) is 5.41 Å². The van der Waals surface area contributed by atoms with Crippen molar-refractivity contribution in [1.82, 2.24) is 9.38 Å². The fourth-order valence-electron chi connectivity index (χ4n) is 5.45. The Bertz CT molecular complexity index is 1610. The predicted molar refractivity (Wildman–Crippen MR) is 129 cm³/mol. The van der Waals surface area contributed by atoms with Crippen molar-refractivity contribution in [3.8, 4) is 0 Å². The van der Waals surface area contributed by atoms with Crippen LogP contribution < -0.4 is 0 Å². The molecule has 0 amide bonds. The number of nitrogens with zero attached hydrogens (tertiary/aromatic N) is 2. The highest BCUT2D eigenvalue weighted by molar-refractivity contribution is 6.24. The summed E-state index contributed by atoms with van der Waals surface area (Å²) in [4.78, 5) is 4.91. The van der Waals surface area contributed by atoms with E-state index >= 15 is 0 Å². The standard InChI is InChI=1S/C28H26N2/c1-16-20-9-7-6-8-19(20)14-22-25-24-18(12-13-29-25)10-11-21-23(15-28(3,4)5)17(2)30(26(16)22)27(21)24/h6-14H,15H2,1-5H3. The molecule has 0 fully saturated rings. The van der Waals surface area contributed by atoms with E-state index in [9.17, 15) is 0 Å². The molecule has 0 spiro atoms. The highest BCUT2D eigenvalue weighted by Crippen LogP contribution is 2.42. The molecule has 0 N–H and O–H groups in total. The predicted octanol–water partition coefficient (Wildman–Crippen LogP) is 7.59. The van der Waals surface area contributed by atoms with Crippen LogP contribution in [0.1, 0.15) is 37.6 Å². The van der Waals surface area contributed by atoms with E-state index in [2.05, 4.69) is 87.6 Å². The Hall–Kier alpha value is -3.13. The number of aryl methyl sites for hydroxylation is 2. The molecule has 0 aliphatic carbocycles. The lowest BCUT2D eigenvalue weighted by Crippen LogP contribution is -2.10. The minimum atomic E-state index is 0.228. The number of fused-ring (bicyclic) bond motifs is 4. The summed E-state index contributed by atoms with van der Waals surface area (Å²) >= 11 is 0. The lowest BCUT2D eigenvalue weighted by Gasteiger charge is -2.18. The molecule has 6 aromatic rings. The maximum Gasteiger partial charge on any atom is 0.0823 e. The van der Waals surface area contributed by atoms with E-state index in [1.165, 1.54) is 60.2 Å². The van der Waals surface area contributed by atoms with Crippen LogP contribution in [-0.4, -0.2) is 9.38 Å². The number of rotatable bonds is 1. The summed E-state index contributed by atoms with van der Waals surface area (Å²) in [5.41, 5.74) is 8.14. The Labute approximate surface area is 176 Å². The Morgan fingerprint density at radius 2 is 1.63 bits per heavy atom. The van der Waals surface area contributed by atoms with Gasteiger partial charge in [0, 0.05) is 28.0 Å². The van der Waals surface area contributed by atoms with Crippen molar-refractivity contribution in [2.24, 2.45) is 5.41 Å². The Morgan fingerprint density at radius 1 is 0.833 bits per heavy atom. The topological polar surface area (TPSA) is 17.3 Å². The van der Waals surface area contributed by atoms with Crippen LogP contribution in [0.25, 0.3) is 48.9 Å². The first-order valence-electron chi connectivity index (χ1n) is 10.8. The van der Waals surface area contributed by atoms with Gasteiger partial charge in [0.25, 0.3) is 0 Å². The van der Waals surface area contributed by atoms with Crippen molar-refractivity contribution in [3.05, 3.63) is 71.5 Å². The molecule has 2 nitrogen and oxygen atoms in total. The molecular formula is C28H26N2. The molecule has 3 heterocycles. The third-order valence-corrected chi connectivity index (χ3v) is 6.69. The highest BCUT2D eigenvalue weighted by atomic mass is 14.9. The summed E-state index contributed by atoms with van der Waals surface area (Å²) in [5, 5.41) is 7.79. The Morgan fingerprint density at radius 3 is 2.43 bits per heavy atom. The van der Waals surface area contributed by atoms with Crippen LogP contribution in [0.15, 0.2) is 54.7 Å². The molecule has 2 heteroatoms. The molecule has 3 aromatic heterocycles. The van der Waals surface area contributed by atoms with E-state index in [0.29, 0.717) is 0 Å². The van der Waals surface area contributed by atoms with Gasteiger partial charge in [-0.1, -0.05) is 57.2 Å². The van der Waals surface area contributed by atoms with Gasteiger partial charge >= 0.3 is 0 Å². The quantitative estimate of drug-likeness (QED) is 0.209. The highest BCUT2D eigenvalue weighted by Gasteiger charge is 2.24. The number of hydrogen-bond acceptors (Lipinski definition) is 1. The van der Waals surface area contributed by atoms with Gasteiger partial charge in [-0.2, -0.15) is 0 Å². The first kappa shape index (κ1) is 17.7. The van der Waals surface area contributed by atoms with E-state index in [1.807, 2.05) is 6.20 Å². The molecule has 0 aliphatic heterocycles. The molecule has 3 aromatic carbocycles. The van der Waals surface area contributed by atoms with E-state index in [4.69, 9.17) is 4.98 Å². The van der Waals surface area contributed by atoms with Crippen LogP contribution in [0.2, 0.25) is 0 Å². The van der Waals surface area contributed by atoms with Gasteiger partial charge in [0.2, 0.25) is 0 Å². The van der Waals surface area contributed by atoms with E-state index in [1.54, 1.807) is 0 Å². The zero-order valence-corrected chi connectivity index (χ0v) is 18.3. The van der Waals surface area contributed by atoms with Crippen molar-refractivity contribution < 1.29 is 0 Å². The molecule has 148 valence electrons. The molecule has 0 radical (unpaired) electrons. The van der Waals surface area contributed by atoms with E-state index < -0.39 is 0 Å².